The van der Waals surface area contributed by atoms with Crippen LogP contribution in [0.15, 0.2) is 48.1 Å². The topological polar surface area (TPSA) is 56.3 Å². The monoisotopic (exact) mass is 397 g/mol. The first-order chi connectivity index (χ1) is 13.5. The van der Waals surface area contributed by atoms with Crippen LogP contribution in [0.3, 0.4) is 0 Å². The summed E-state index contributed by atoms with van der Waals surface area (Å²) < 4.78 is 11.4. The maximum Gasteiger partial charge on any atom is 0.161 e. The zero-order valence-corrected chi connectivity index (χ0v) is 17.7. The highest BCUT2D eigenvalue weighted by Gasteiger charge is 2.17. The summed E-state index contributed by atoms with van der Waals surface area (Å²) in [7, 11) is 1.66. The van der Waals surface area contributed by atoms with Crippen LogP contribution in [-0.4, -0.2) is 17.1 Å². The molecule has 0 spiro atoms. The minimum atomic E-state index is 0.0915. The Hall–Kier alpha value is -2.44. The molecule has 0 saturated carbocycles. The van der Waals surface area contributed by atoms with Gasteiger partial charge in [0.1, 0.15) is 11.6 Å². The summed E-state index contributed by atoms with van der Waals surface area (Å²) in [5.74, 6) is 1.47. The Morgan fingerprint density at radius 3 is 2.46 bits per heavy atom. The van der Waals surface area contributed by atoms with Crippen LogP contribution >= 0.6 is 11.3 Å². The fourth-order valence-electron chi connectivity index (χ4n) is 2.63. The van der Waals surface area contributed by atoms with E-state index in [1.165, 1.54) is 0 Å². The number of rotatable bonds is 8. The van der Waals surface area contributed by atoms with Gasteiger partial charge in [0.05, 0.1) is 12.8 Å². The number of benzene rings is 1. The van der Waals surface area contributed by atoms with Crippen LogP contribution in [0.2, 0.25) is 0 Å². The molecular weight excluding hydrogens is 370 g/mol. The lowest BCUT2D eigenvalue weighted by molar-refractivity contribution is 0.284. The van der Waals surface area contributed by atoms with E-state index < -0.39 is 0 Å². The molecule has 3 aromatic rings. The fraction of sp³-hybridized carbons (Fsp3) is 0.364. The van der Waals surface area contributed by atoms with Gasteiger partial charge in [-0.05, 0) is 35.4 Å². The number of nitrogens with zero attached hydrogens (tertiary/aromatic N) is 2. The minimum Gasteiger partial charge on any atom is -0.493 e. The molecule has 0 bridgehead atoms. The Bertz CT molecular complexity index is 888. The number of methoxy groups -OCH3 is 1. The van der Waals surface area contributed by atoms with Crippen molar-refractivity contribution in [2.75, 3.05) is 7.11 Å². The zero-order valence-electron chi connectivity index (χ0n) is 16.9. The lowest BCUT2D eigenvalue weighted by Gasteiger charge is -2.14. The van der Waals surface area contributed by atoms with Crippen molar-refractivity contribution in [2.45, 2.75) is 45.9 Å². The highest BCUT2D eigenvalue weighted by atomic mass is 32.1. The van der Waals surface area contributed by atoms with Gasteiger partial charge in [-0.15, -0.1) is 11.3 Å². The Labute approximate surface area is 170 Å². The molecule has 3 rings (SSSR count). The molecule has 28 heavy (non-hydrogen) atoms. The predicted molar refractivity (Wildman–Crippen MR) is 113 cm³/mol. The first-order valence-corrected chi connectivity index (χ1v) is 10.2. The third-order valence-corrected chi connectivity index (χ3v) is 5.15. The SMILES string of the molecule is COc1cc(CNCc2nc(C(C)(C)C)cs2)ccc1OCc1ccncc1. The van der Waals surface area contributed by atoms with Crippen LogP contribution in [0.1, 0.15) is 42.6 Å². The van der Waals surface area contributed by atoms with E-state index in [0.29, 0.717) is 6.61 Å². The predicted octanol–water partition coefficient (Wildman–Crippen LogP) is 4.71. The summed E-state index contributed by atoms with van der Waals surface area (Å²) in [5, 5.41) is 6.71. The van der Waals surface area contributed by atoms with Crippen molar-refractivity contribution in [1.82, 2.24) is 15.3 Å². The average Bonchev–Trinajstić information content (AvgIpc) is 3.17. The van der Waals surface area contributed by atoms with E-state index in [2.05, 4.69) is 42.5 Å². The van der Waals surface area contributed by atoms with Gasteiger partial charge >= 0.3 is 0 Å². The maximum atomic E-state index is 5.90. The van der Waals surface area contributed by atoms with Crippen molar-refractivity contribution < 1.29 is 9.47 Å². The standard InChI is InChI=1S/C22H27N3O2S/c1-22(2,3)20-15-28-21(25-20)13-24-12-17-5-6-18(19(11-17)26-4)27-14-16-7-9-23-10-8-16/h5-11,15,24H,12-14H2,1-4H3. The van der Waals surface area contributed by atoms with Gasteiger partial charge in [0.2, 0.25) is 0 Å². The molecule has 2 heterocycles. The van der Waals surface area contributed by atoms with Crippen LogP contribution in [0.5, 0.6) is 11.5 Å². The average molecular weight is 398 g/mol. The number of aromatic nitrogens is 2. The highest BCUT2D eigenvalue weighted by molar-refractivity contribution is 7.09. The van der Waals surface area contributed by atoms with Crippen LogP contribution in [0.25, 0.3) is 0 Å². The Morgan fingerprint density at radius 1 is 1.00 bits per heavy atom. The van der Waals surface area contributed by atoms with Crippen molar-refractivity contribution >= 4 is 11.3 Å². The second-order valence-electron chi connectivity index (χ2n) is 7.61. The van der Waals surface area contributed by atoms with E-state index in [1.807, 2.05) is 24.3 Å². The Balaban J connectivity index is 1.55. The molecule has 1 aromatic carbocycles. The van der Waals surface area contributed by atoms with Gasteiger partial charge in [-0.2, -0.15) is 0 Å². The zero-order chi connectivity index (χ0) is 20.0. The molecule has 0 unspecified atom stereocenters. The van der Waals surface area contributed by atoms with Crippen LogP contribution in [0.4, 0.5) is 0 Å². The van der Waals surface area contributed by atoms with Crippen molar-refractivity contribution in [2.24, 2.45) is 0 Å². The van der Waals surface area contributed by atoms with Gasteiger partial charge in [0, 0.05) is 36.3 Å². The first kappa shape index (κ1) is 20.3. The molecule has 0 aliphatic heterocycles. The number of pyridine rings is 1. The number of ether oxygens (including phenoxy) is 2. The quantitative estimate of drug-likeness (QED) is 0.596. The van der Waals surface area contributed by atoms with Crippen LogP contribution in [0, 0.1) is 0 Å². The van der Waals surface area contributed by atoms with Gasteiger partial charge in [0.25, 0.3) is 0 Å². The normalized spacial score (nSPS) is 11.4. The number of hydrogen-bond donors (Lipinski definition) is 1. The summed E-state index contributed by atoms with van der Waals surface area (Å²) in [6, 6.07) is 9.90. The first-order valence-electron chi connectivity index (χ1n) is 9.30. The van der Waals surface area contributed by atoms with Gasteiger partial charge in [0.15, 0.2) is 11.5 Å². The lowest BCUT2D eigenvalue weighted by Crippen LogP contribution is -2.14. The molecule has 0 amide bonds. The highest BCUT2D eigenvalue weighted by Crippen LogP contribution is 2.29. The van der Waals surface area contributed by atoms with E-state index in [1.54, 1.807) is 30.8 Å². The van der Waals surface area contributed by atoms with Crippen molar-refractivity contribution in [3.63, 3.8) is 0 Å². The van der Waals surface area contributed by atoms with Crippen LogP contribution in [-0.2, 0) is 25.1 Å². The van der Waals surface area contributed by atoms with Gasteiger partial charge in [-0.3, -0.25) is 4.98 Å². The van der Waals surface area contributed by atoms with Gasteiger partial charge < -0.3 is 14.8 Å². The Morgan fingerprint density at radius 2 is 1.79 bits per heavy atom. The fourth-order valence-corrected chi connectivity index (χ4v) is 3.62. The van der Waals surface area contributed by atoms with Gasteiger partial charge in [-0.1, -0.05) is 26.8 Å². The summed E-state index contributed by atoms with van der Waals surface area (Å²) in [6.07, 6.45) is 3.52. The second kappa shape index (κ2) is 9.17. The maximum absolute atomic E-state index is 5.90. The molecule has 2 aromatic heterocycles. The lowest BCUT2D eigenvalue weighted by atomic mass is 9.93. The summed E-state index contributed by atoms with van der Waals surface area (Å²) >= 11 is 1.70. The molecule has 0 fully saturated rings. The van der Waals surface area contributed by atoms with E-state index in [0.717, 1.165) is 46.4 Å². The van der Waals surface area contributed by atoms with E-state index in [9.17, 15) is 0 Å². The third-order valence-electron chi connectivity index (χ3n) is 4.30. The van der Waals surface area contributed by atoms with Crippen molar-refractivity contribution in [3.05, 3.63) is 69.9 Å². The Kier molecular flexibility index (Phi) is 6.65. The number of thiazole rings is 1. The molecule has 6 heteroatoms. The third kappa shape index (κ3) is 5.53. The summed E-state index contributed by atoms with van der Waals surface area (Å²) in [4.78, 5) is 8.74. The molecular formula is C22H27N3O2S. The molecule has 0 aliphatic carbocycles. The molecule has 0 radical (unpaired) electrons. The van der Waals surface area contributed by atoms with Crippen molar-refractivity contribution in [3.8, 4) is 11.5 Å². The summed E-state index contributed by atoms with van der Waals surface area (Å²) in [5.41, 5.74) is 3.45. The molecule has 148 valence electrons. The molecule has 0 aliphatic rings. The minimum absolute atomic E-state index is 0.0915. The van der Waals surface area contributed by atoms with Crippen molar-refractivity contribution in [1.29, 1.82) is 0 Å². The van der Waals surface area contributed by atoms with Crippen LogP contribution < -0.4 is 14.8 Å². The van der Waals surface area contributed by atoms with E-state index in [4.69, 9.17) is 14.5 Å². The number of hydrogen-bond acceptors (Lipinski definition) is 6. The van der Waals surface area contributed by atoms with E-state index >= 15 is 0 Å². The second-order valence-corrected chi connectivity index (χ2v) is 8.55. The van der Waals surface area contributed by atoms with Gasteiger partial charge in [-0.25, -0.2) is 4.98 Å². The molecule has 0 atom stereocenters. The molecule has 0 saturated heterocycles. The summed E-state index contributed by atoms with van der Waals surface area (Å²) in [6.45, 7) is 8.53. The molecule has 1 N–H and O–H groups in total. The molecule has 5 nitrogen and oxygen atoms in total. The number of nitrogens with one attached hydrogen (secondary N) is 1. The smallest absolute Gasteiger partial charge is 0.161 e. The van der Waals surface area contributed by atoms with E-state index in [-0.39, 0.29) is 5.41 Å². The largest absolute Gasteiger partial charge is 0.493 e.